The predicted molar refractivity (Wildman–Crippen MR) is 104 cm³/mol. The minimum atomic E-state index is -4.39. The number of benzene rings is 3. The third kappa shape index (κ3) is 3.36. The molecular formula is C21H14F3N3S. The number of alkyl halides is 3. The Hall–Kier alpha value is -3.19. The van der Waals surface area contributed by atoms with Gasteiger partial charge in [0.1, 0.15) is 0 Å². The lowest BCUT2D eigenvalue weighted by molar-refractivity contribution is -0.137. The molecule has 3 nitrogen and oxygen atoms in total. The molecule has 0 radical (unpaired) electrons. The summed E-state index contributed by atoms with van der Waals surface area (Å²) in [6.07, 6.45) is -4.39. The Morgan fingerprint density at radius 1 is 0.714 bits per heavy atom. The van der Waals surface area contributed by atoms with Crippen LogP contribution in [0.2, 0.25) is 0 Å². The summed E-state index contributed by atoms with van der Waals surface area (Å²) in [5, 5.41) is 4.61. The van der Waals surface area contributed by atoms with Crippen LogP contribution in [0.3, 0.4) is 0 Å². The molecule has 0 aliphatic carbocycles. The molecule has 1 aromatic heterocycles. The van der Waals surface area contributed by atoms with E-state index in [-0.39, 0.29) is 0 Å². The SMILES string of the molecule is FC(F)(F)c1ccc(-c2nn(-c3ccccc3)c(=S)n2-c2ccccc2)cc1. The van der Waals surface area contributed by atoms with E-state index in [0.29, 0.717) is 16.2 Å². The zero-order valence-electron chi connectivity index (χ0n) is 14.5. The first-order valence-electron chi connectivity index (χ1n) is 8.46. The standard InChI is InChI=1S/C21H14F3N3S/c22-21(23,24)16-13-11-15(12-14-16)19-25-27(18-9-5-2-6-10-18)20(28)26(19)17-7-3-1-4-8-17/h1-14H. The summed E-state index contributed by atoms with van der Waals surface area (Å²) in [4.78, 5) is 0. The summed E-state index contributed by atoms with van der Waals surface area (Å²) in [6.45, 7) is 0. The van der Waals surface area contributed by atoms with Crippen molar-refractivity contribution < 1.29 is 13.2 Å². The third-order valence-corrected chi connectivity index (χ3v) is 4.62. The van der Waals surface area contributed by atoms with Crippen molar-refractivity contribution in [2.75, 3.05) is 0 Å². The smallest absolute Gasteiger partial charge is 0.268 e. The molecule has 0 spiro atoms. The van der Waals surface area contributed by atoms with Crippen molar-refractivity contribution >= 4 is 12.2 Å². The van der Waals surface area contributed by atoms with Crippen molar-refractivity contribution in [2.24, 2.45) is 0 Å². The van der Waals surface area contributed by atoms with Gasteiger partial charge in [-0.2, -0.15) is 13.2 Å². The Balaban J connectivity index is 1.92. The molecule has 0 saturated carbocycles. The van der Waals surface area contributed by atoms with Crippen LogP contribution in [-0.4, -0.2) is 14.3 Å². The van der Waals surface area contributed by atoms with Crippen LogP contribution in [0.15, 0.2) is 84.9 Å². The molecule has 0 saturated heterocycles. The molecule has 4 aromatic rings. The van der Waals surface area contributed by atoms with Gasteiger partial charge in [-0.25, -0.2) is 4.68 Å². The number of nitrogens with zero attached hydrogens (tertiary/aromatic N) is 3. The second-order valence-corrected chi connectivity index (χ2v) is 6.46. The molecular weight excluding hydrogens is 383 g/mol. The molecule has 0 amide bonds. The summed E-state index contributed by atoms with van der Waals surface area (Å²) >= 11 is 5.65. The molecule has 0 unspecified atom stereocenters. The van der Waals surface area contributed by atoms with Gasteiger partial charge in [-0.15, -0.1) is 5.10 Å². The van der Waals surface area contributed by atoms with Crippen LogP contribution < -0.4 is 0 Å². The number of para-hydroxylation sites is 2. The van der Waals surface area contributed by atoms with E-state index in [1.807, 2.05) is 60.7 Å². The van der Waals surface area contributed by atoms with E-state index in [9.17, 15) is 13.2 Å². The van der Waals surface area contributed by atoms with E-state index in [1.54, 1.807) is 9.25 Å². The van der Waals surface area contributed by atoms with Gasteiger partial charge in [-0.3, -0.25) is 4.57 Å². The van der Waals surface area contributed by atoms with Crippen LogP contribution in [0.1, 0.15) is 5.56 Å². The average molecular weight is 397 g/mol. The molecule has 1 heterocycles. The van der Waals surface area contributed by atoms with E-state index >= 15 is 0 Å². The van der Waals surface area contributed by atoms with Crippen LogP contribution >= 0.6 is 12.2 Å². The first-order chi connectivity index (χ1) is 13.4. The predicted octanol–water partition coefficient (Wildman–Crippen LogP) is 6.08. The maximum absolute atomic E-state index is 12.9. The number of halogens is 3. The van der Waals surface area contributed by atoms with Crippen molar-refractivity contribution in [3.63, 3.8) is 0 Å². The Morgan fingerprint density at radius 3 is 1.79 bits per heavy atom. The fourth-order valence-electron chi connectivity index (χ4n) is 2.91. The second-order valence-electron chi connectivity index (χ2n) is 6.10. The minimum Gasteiger partial charge on any atom is -0.268 e. The van der Waals surface area contributed by atoms with E-state index in [4.69, 9.17) is 12.2 Å². The molecule has 0 aliphatic heterocycles. The second kappa shape index (κ2) is 7.09. The van der Waals surface area contributed by atoms with Crippen LogP contribution in [0.5, 0.6) is 0 Å². The molecule has 0 atom stereocenters. The minimum absolute atomic E-state index is 0.423. The van der Waals surface area contributed by atoms with E-state index < -0.39 is 11.7 Å². The van der Waals surface area contributed by atoms with Crippen molar-refractivity contribution in [3.8, 4) is 22.8 Å². The number of hydrogen-bond donors (Lipinski definition) is 0. The number of hydrogen-bond acceptors (Lipinski definition) is 2. The highest BCUT2D eigenvalue weighted by atomic mass is 32.1. The lowest BCUT2D eigenvalue weighted by Crippen LogP contribution is -2.04. The lowest BCUT2D eigenvalue weighted by Gasteiger charge is -2.09. The summed E-state index contributed by atoms with van der Waals surface area (Å²) in [5.41, 5.74) is 1.39. The van der Waals surface area contributed by atoms with Gasteiger partial charge in [0.15, 0.2) is 5.82 Å². The lowest BCUT2D eigenvalue weighted by atomic mass is 10.1. The fourth-order valence-corrected chi connectivity index (χ4v) is 3.25. The molecule has 7 heteroatoms. The molecule has 140 valence electrons. The van der Waals surface area contributed by atoms with Gasteiger partial charge in [0.25, 0.3) is 0 Å². The molecule has 0 fully saturated rings. The molecule has 0 bridgehead atoms. The summed E-state index contributed by atoms with van der Waals surface area (Å²) in [5.74, 6) is 0.466. The van der Waals surface area contributed by atoms with E-state index in [1.165, 1.54) is 12.1 Å². The first-order valence-corrected chi connectivity index (χ1v) is 8.86. The summed E-state index contributed by atoms with van der Waals surface area (Å²) < 4.78 is 42.5. The zero-order chi connectivity index (χ0) is 19.7. The average Bonchev–Trinajstić information content (AvgIpc) is 3.06. The third-order valence-electron chi connectivity index (χ3n) is 4.26. The van der Waals surface area contributed by atoms with Crippen LogP contribution in [0.4, 0.5) is 13.2 Å². The largest absolute Gasteiger partial charge is 0.416 e. The van der Waals surface area contributed by atoms with Gasteiger partial charge in [0.05, 0.1) is 11.3 Å². The van der Waals surface area contributed by atoms with Crippen molar-refractivity contribution in [2.45, 2.75) is 6.18 Å². The van der Waals surface area contributed by atoms with Crippen LogP contribution in [0, 0.1) is 4.77 Å². The Bertz CT molecular complexity index is 1150. The van der Waals surface area contributed by atoms with Gasteiger partial charge < -0.3 is 0 Å². The van der Waals surface area contributed by atoms with Crippen LogP contribution in [-0.2, 0) is 6.18 Å². The monoisotopic (exact) mass is 397 g/mol. The highest BCUT2D eigenvalue weighted by molar-refractivity contribution is 7.71. The van der Waals surface area contributed by atoms with Gasteiger partial charge in [-0.05, 0) is 48.6 Å². The normalized spacial score (nSPS) is 11.5. The highest BCUT2D eigenvalue weighted by Crippen LogP contribution is 2.31. The topological polar surface area (TPSA) is 22.8 Å². The summed E-state index contributed by atoms with van der Waals surface area (Å²) in [6, 6.07) is 23.7. The molecule has 28 heavy (non-hydrogen) atoms. The molecule has 0 aliphatic rings. The number of rotatable bonds is 3. The quantitative estimate of drug-likeness (QED) is 0.391. The van der Waals surface area contributed by atoms with Gasteiger partial charge in [-0.1, -0.05) is 48.5 Å². The maximum Gasteiger partial charge on any atom is 0.416 e. The Morgan fingerprint density at radius 2 is 1.25 bits per heavy atom. The summed E-state index contributed by atoms with van der Waals surface area (Å²) in [7, 11) is 0. The number of aromatic nitrogens is 3. The molecule has 0 N–H and O–H groups in total. The Labute approximate surface area is 164 Å². The fraction of sp³-hybridized carbons (Fsp3) is 0.0476. The van der Waals surface area contributed by atoms with Crippen molar-refractivity contribution in [1.82, 2.24) is 14.3 Å². The molecule has 4 rings (SSSR count). The van der Waals surface area contributed by atoms with E-state index in [2.05, 4.69) is 5.10 Å². The first kappa shape index (κ1) is 18.2. The van der Waals surface area contributed by atoms with E-state index in [0.717, 1.165) is 23.5 Å². The highest BCUT2D eigenvalue weighted by Gasteiger charge is 2.30. The maximum atomic E-state index is 12.9. The van der Waals surface area contributed by atoms with Crippen LogP contribution in [0.25, 0.3) is 22.8 Å². The zero-order valence-corrected chi connectivity index (χ0v) is 15.3. The van der Waals surface area contributed by atoms with Gasteiger partial charge in [0.2, 0.25) is 4.77 Å². The van der Waals surface area contributed by atoms with Gasteiger partial charge >= 0.3 is 6.18 Å². The van der Waals surface area contributed by atoms with Gasteiger partial charge in [0, 0.05) is 11.3 Å². The molecule has 3 aromatic carbocycles. The van der Waals surface area contributed by atoms with Crippen molar-refractivity contribution in [1.29, 1.82) is 0 Å². The Kier molecular flexibility index (Phi) is 4.60. The van der Waals surface area contributed by atoms with Crippen molar-refractivity contribution in [3.05, 3.63) is 95.3 Å².